The number of carbonyl (C=O) groups is 3. The van der Waals surface area contributed by atoms with Gasteiger partial charge in [0.25, 0.3) is 11.8 Å². The fourth-order valence-corrected chi connectivity index (χ4v) is 2.95. The predicted octanol–water partition coefficient (Wildman–Crippen LogP) is 1.47. The molecule has 0 saturated carbocycles. The number of likely N-dealkylation sites (tertiary alicyclic amines) is 1. The van der Waals surface area contributed by atoms with Crippen LogP contribution in [-0.2, 0) is 9.63 Å². The molecular formula is C16H18N2O4. The van der Waals surface area contributed by atoms with Crippen molar-refractivity contribution in [2.24, 2.45) is 5.92 Å². The quantitative estimate of drug-likeness (QED) is 0.791. The van der Waals surface area contributed by atoms with Gasteiger partial charge in [-0.2, -0.15) is 0 Å². The van der Waals surface area contributed by atoms with Crippen LogP contribution >= 0.6 is 0 Å². The highest BCUT2D eigenvalue weighted by molar-refractivity contribution is 6.20. The lowest BCUT2D eigenvalue weighted by Gasteiger charge is -2.30. The Morgan fingerprint density at radius 2 is 1.86 bits per heavy atom. The zero-order chi connectivity index (χ0) is 15.7. The zero-order valence-corrected chi connectivity index (χ0v) is 12.4. The number of hydroxylamine groups is 2. The predicted molar refractivity (Wildman–Crippen MR) is 77.9 cm³/mol. The van der Waals surface area contributed by atoms with E-state index in [1.807, 2.05) is 6.92 Å². The van der Waals surface area contributed by atoms with Crippen LogP contribution in [0.2, 0.25) is 0 Å². The molecule has 1 atom stereocenters. The number of nitrogens with zero attached hydrogens (tertiary/aromatic N) is 2. The molecule has 0 spiro atoms. The smallest absolute Gasteiger partial charge is 0.329 e. The van der Waals surface area contributed by atoms with Crippen molar-refractivity contribution >= 4 is 17.8 Å². The van der Waals surface area contributed by atoms with Crippen LogP contribution in [0.25, 0.3) is 0 Å². The third kappa shape index (κ3) is 2.50. The molecule has 2 amide bonds. The molecule has 2 aliphatic rings. The Balaban J connectivity index is 1.70. The topological polar surface area (TPSA) is 66.9 Å². The largest absolute Gasteiger partial charge is 0.337 e. The van der Waals surface area contributed by atoms with E-state index < -0.39 is 17.8 Å². The van der Waals surface area contributed by atoms with Crippen LogP contribution in [-0.4, -0.2) is 47.4 Å². The van der Waals surface area contributed by atoms with Crippen LogP contribution in [0, 0.1) is 5.92 Å². The number of benzene rings is 1. The molecule has 0 N–H and O–H groups in total. The number of fused-ring (bicyclic) bond motifs is 1. The van der Waals surface area contributed by atoms with Crippen LogP contribution in [0.4, 0.5) is 0 Å². The fraction of sp³-hybridized carbons (Fsp3) is 0.438. The molecule has 0 radical (unpaired) electrons. The Morgan fingerprint density at radius 1 is 1.23 bits per heavy atom. The van der Waals surface area contributed by atoms with Gasteiger partial charge in [-0.05, 0) is 38.1 Å². The molecule has 3 rings (SSSR count). The van der Waals surface area contributed by atoms with Crippen LogP contribution in [0.3, 0.4) is 0 Å². The number of piperidine rings is 1. The highest BCUT2D eigenvalue weighted by Crippen LogP contribution is 2.24. The van der Waals surface area contributed by atoms with Gasteiger partial charge in [-0.1, -0.05) is 24.1 Å². The summed E-state index contributed by atoms with van der Waals surface area (Å²) in [5.41, 5.74) is 0.554. The third-order valence-electron chi connectivity index (χ3n) is 4.22. The molecule has 1 fully saturated rings. The van der Waals surface area contributed by atoms with E-state index in [1.54, 1.807) is 24.3 Å². The highest BCUT2D eigenvalue weighted by atomic mass is 16.7. The number of hydrogen-bond acceptors (Lipinski definition) is 5. The van der Waals surface area contributed by atoms with Crippen molar-refractivity contribution in [3.8, 4) is 0 Å². The van der Waals surface area contributed by atoms with E-state index in [4.69, 9.17) is 4.84 Å². The first kappa shape index (κ1) is 14.7. The maximum atomic E-state index is 12.3. The summed E-state index contributed by atoms with van der Waals surface area (Å²) in [4.78, 5) is 43.9. The summed E-state index contributed by atoms with van der Waals surface area (Å²) in [6.07, 6.45) is 1.63. The van der Waals surface area contributed by atoms with E-state index in [2.05, 4.69) is 4.90 Å². The minimum absolute atomic E-state index is 0.277. The van der Waals surface area contributed by atoms with Gasteiger partial charge in [0.1, 0.15) is 0 Å². The first-order chi connectivity index (χ1) is 10.6. The van der Waals surface area contributed by atoms with E-state index in [1.165, 1.54) is 0 Å². The van der Waals surface area contributed by atoms with E-state index >= 15 is 0 Å². The molecule has 1 aromatic rings. The summed E-state index contributed by atoms with van der Waals surface area (Å²) >= 11 is 0. The van der Waals surface area contributed by atoms with Crippen molar-refractivity contribution in [2.75, 3.05) is 19.6 Å². The molecule has 1 aromatic carbocycles. The summed E-state index contributed by atoms with van der Waals surface area (Å²) in [7, 11) is 0. The van der Waals surface area contributed by atoms with Crippen molar-refractivity contribution in [3.63, 3.8) is 0 Å². The molecule has 0 bridgehead atoms. The van der Waals surface area contributed by atoms with Crippen molar-refractivity contribution in [3.05, 3.63) is 35.4 Å². The van der Waals surface area contributed by atoms with Gasteiger partial charge in [-0.25, -0.2) is 4.79 Å². The molecule has 0 aromatic heterocycles. The molecule has 2 heterocycles. The Labute approximate surface area is 128 Å². The minimum atomic E-state index is -0.572. The highest BCUT2D eigenvalue weighted by Gasteiger charge is 2.40. The average molecular weight is 302 g/mol. The van der Waals surface area contributed by atoms with Crippen LogP contribution < -0.4 is 0 Å². The van der Waals surface area contributed by atoms with E-state index in [9.17, 15) is 14.4 Å². The SMILES string of the molecule is CCN1CCCC(C(=O)ON2C(=O)c3ccccc3C2=O)C1. The Kier molecular flexibility index (Phi) is 3.94. The standard InChI is InChI=1S/C16H18N2O4/c1-2-17-9-5-6-11(10-17)16(21)22-18-14(19)12-7-3-4-8-13(12)15(18)20/h3-4,7-8,11H,2,5-6,9-10H2,1H3. The van der Waals surface area contributed by atoms with Crippen LogP contribution in [0.15, 0.2) is 24.3 Å². The Morgan fingerprint density at radius 3 is 2.45 bits per heavy atom. The summed E-state index contributed by atoms with van der Waals surface area (Å²) < 4.78 is 0. The molecule has 116 valence electrons. The average Bonchev–Trinajstić information content (AvgIpc) is 2.80. The normalized spacial score (nSPS) is 21.9. The molecule has 6 nitrogen and oxygen atoms in total. The third-order valence-corrected chi connectivity index (χ3v) is 4.22. The minimum Gasteiger partial charge on any atom is -0.329 e. The van der Waals surface area contributed by atoms with Gasteiger partial charge in [-0.3, -0.25) is 9.59 Å². The zero-order valence-electron chi connectivity index (χ0n) is 12.4. The van der Waals surface area contributed by atoms with Crippen LogP contribution in [0.5, 0.6) is 0 Å². The Hall–Kier alpha value is -2.21. The lowest BCUT2D eigenvalue weighted by molar-refractivity contribution is -0.175. The number of carbonyl (C=O) groups excluding carboxylic acids is 3. The maximum Gasteiger partial charge on any atom is 0.337 e. The van der Waals surface area contributed by atoms with Gasteiger partial charge in [0.15, 0.2) is 0 Å². The second-order valence-corrected chi connectivity index (χ2v) is 5.59. The first-order valence-corrected chi connectivity index (χ1v) is 7.53. The Bertz CT molecular complexity index is 593. The molecule has 1 unspecified atom stereocenters. The summed E-state index contributed by atoms with van der Waals surface area (Å²) in [6, 6.07) is 6.47. The van der Waals surface area contributed by atoms with Crippen molar-refractivity contribution in [1.82, 2.24) is 9.96 Å². The summed E-state index contributed by atoms with van der Waals surface area (Å²) in [5, 5.41) is 0.595. The van der Waals surface area contributed by atoms with E-state index in [0.717, 1.165) is 25.9 Å². The van der Waals surface area contributed by atoms with Gasteiger partial charge in [0.2, 0.25) is 0 Å². The summed E-state index contributed by atoms with van der Waals surface area (Å²) in [6.45, 7) is 4.49. The molecule has 0 aliphatic carbocycles. The number of hydrogen-bond donors (Lipinski definition) is 0. The van der Waals surface area contributed by atoms with Gasteiger partial charge in [0, 0.05) is 6.54 Å². The number of rotatable bonds is 3. The lowest BCUT2D eigenvalue weighted by Crippen LogP contribution is -2.42. The van der Waals surface area contributed by atoms with E-state index in [-0.39, 0.29) is 17.0 Å². The van der Waals surface area contributed by atoms with Gasteiger partial charge in [0.05, 0.1) is 17.0 Å². The van der Waals surface area contributed by atoms with E-state index in [0.29, 0.717) is 11.6 Å². The van der Waals surface area contributed by atoms with Crippen molar-refractivity contribution in [1.29, 1.82) is 0 Å². The van der Waals surface area contributed by atoms with Gasteiger partial charge < -0.3 is 9.74 Å². The lowest BCUT2D eigenvalue weighted by atomic mass is 9.98. The second-order valence-electron chi connectivity index (χ2n) is 5.59. The second kappa shape index (κ2) is 5.88. The fourth-order valence-electron chi connectivity index (χ4n) is 2.95. The molecule has 6 heteroatoms. The van der Waals surface area contributed by atoms with Crippen molar-refractivity contribution in [2.45, 2.75) is 19.8 Å². The van der Waals surface area contributed by atoms with Crippen LogP contribution in [0.1, 0.15) is 40.5 Å². The monoisotopic (exact) mass is 302 g/mol. The van der Waals surface area contributed by atoms with Gasteiger partial charge in [-0.15, -0.1) is 0 Å². The molecule has 2 aliphatic heterocycles. The summed E-state index contributed by atoms with van der Waals surface area (Å²) in [5.74, 6) is -1.94. The van der Waals surface area contributed by atoms with Crippen molar-refractivity contribution < 1.29 is 19.2 Å². The first-order valence-electron chi connectivity index (χ1n) is 7.53. The molecule has 22 heavy (non-hydrogen) atoms. The number of amides is 2. The molecular weight excluding hydrogens is 284 g/mol. The number of imide groups is 1. The van der Waals surface area contributed by atoms with Gasteiger partial charge >= 0.3 is 5.97 Å². The molecule has 1 saturated heterocycles. The maximum absolute atomic E-state index is 12.3.